The lowest BCUT2D eigenvalue weighted by Crippen LogP contribution is -2.10. The third-order valence-electron chi connectivity index (χ3n) is 2.46. The molecule has 0 atom stereocenters. The van der Waals surface area contributed by atoms with Crippen molar-refractivity contribution in [2.75, 3.05) is 22.8 Å². The van der Waals surface area contributed by atoms with Crippen LogP contribution in [0.5, 0.6) is 0 Å². The van der Waals surface area contributed by atoms with Crippen LogP contribution < -0.4 is 10.0 Å². The molecule has 0 aromatic heterocycles. The second-order valence-electron chi connectivity index (χ2n) is 4.28. The van der Waals surface area contributed by atoms with Crippen LogP contribution in [0, 0.1) is 5.92 Å². The number of anilines is 2. The molecule has 0 aliphatic heterocycles. The Hall–Kier alpha value is -1.23. The molecule has 1 aliphatic carbocycles. The molecule has 0 saturated heterocycles. The highest BCUT2D eigenvalue weighted by molar-refractivity contribution is 7.92. The average Bonchev–Trinajstić information content (AvgIpc) is 2.96. The van der Waals surface area contributed by atoms with Crippen LogP contribution in [0.4, 0.5) is 11.4 Å². The van der Waals surface area contributed by atoms with E-state index in [-0.39, 0.29) is 0 Å². The standard InChI is InChI=1S/C11H16N2O2S/c1-16(14,15)13-11-4-2-3-10(7-11)12-8-9-5-6-9/h2-4,7,9,12-13H,5-6,8H2,1H3. The summed E-state index contributed by atoms with van der Waals surface area (Å²) in [7, 11) is -3.19. The zero-order valence-electron chi connectivity index (χ0n) is 9.23. The van der Waals surface area contributed by atoms with Crippen molar-refractivity contribution in [1.29, 1.82) is 0 Å². The molecule has 0 radical (unpaired) electrons. The minimum atomic E-state index is -3.19. The van der Waals surface area contributed by atoms with Gasteiger partial charge in [-0.15, -0.1) is 0 Å². The highest BCUT2D eigenvalue weighted by Gasteiger charge is 2.20. The Labute approximate surface area is 96.1 Å². The van der Waals surface area contributed by atoms with Crippen molar-refractivity contribution >= 4 is 21.4 Å². The normalized spacial score (nSPS) is 15.8. The Bertz CT molecular complexity index is 467. The Morgan fingerprint density at radius 1 is 1.31 bits per heavy atom. The molecule has 0 spiro atoms. The predicted octanol–water partition coefficient (Wildman–Crippen LogP) is 1.88. The van der Waals surface area contributed by atoms with Crippen LogP contribution in [-0.2, 0) is 10.0 Å². The predicted molar refractivity (Wildman–Crippen MR) is 66.1 cm³/mol. The van der Waals surface area contributed by atoms with Crippen molar-refractivity contribution in [3.8, 4) is 0 Å². The van der Waals surface area contributed by atoms with Crippen molar-refractivity contribution in [3.05, 3.63) is 24.3 Å². The number of hydrogen-bond acceptors (Lipinski definition) is 3. The van der Waals surface area contributed by atoms with Crippen LogP contribution in [0.15, 0.2) is 24.3 Å². The van der Waals surface area contributed by atoms with Crippen molar-refractivity contribution in [3.63, 3.8) is 0 Å². The Kier molecular flexibility index (Phi) is 3.05. The van der Waals surface area contributed by atoms with Gasteiger partial charge >= 0.3 is 0 Å². The molecule has 0 heterocycles. The van der Waals surface area contributed by atoms with Gasteiger partial charge < -0.3 is 5.32 Å². The maximum absolute atomic E-state index is 11.1. The number of nitrogens with one attached hydrogen (secondary N) is 2. The van der Waals surface area contributed by atoms with E-state index in [1.807, 2.05) is 18.2 Å². The lowest BCUT2D eigenvalue weighted by atomic mass is 10.3. The van der Waals surface area contributed by atoms with Gasteiger partial charge in [-0.05, 0) is 37.0 Å². The molecule has 2 N–H and O–H groups in total. The van der Waals surface area contributed by atoms with Crippen LogP contribution in [0.3, 0.4) is 0 Å². The molecule has 0 unspecified atom stereocenters. The van der Waals surface area contributed by atoms with Gasteiger partial charge in [0.15, 0.2) is 0 Å². The summed E-state index contributed by atoms with van der Waals surface area (Å²) in [5.74, 6) is 0.798. The summed E-state index contributed by atoms with van der Waals surface area (Å²) in [5, 5.41) is 3.30. The third-order valence-corrected chi connectivity index (χ3v) is 3.06. The lowest BCUT2D eigenvalue weighted by molar-refractivity contribution is 0.607. The van der Waals surface area contributed by atoms with Gasteiger partial charge in [-0.25, -0.2) is 8.42 Å². The number of rotatable bonds is 5. The molecule has 1 aromatic carbocycles. The average molecular weight is 240 g/mol. The van der Waals surface area contributed by atoms with E-state index in [1.54, 1.807) is 6.07 Å². The van der Waals surface area contributed by atoms with E-state index < -0.39 is 10.0 Å². The molecule has 1 saturated carbocycles. The quantitative estimate of drug-likeness (QED) is 0.826. The Morgan fingerprint density at radius 3 is 2.62 bits per heavy atom. The second-order valence-corrected chi connectivity index (χ2v) is 6.03. The van der Waals surface area contributed by atoms with E-state index in [9.17, 15) is 8.42 Å². The molecule has 5 heteroatoms. The zero-order valence-corrected chi connectivity index (χ0v) is 10.0. The third kappa shape index (κ3) is 3.73. The first-order valence-corrected chi connectivity index (χ1v) is 7.24. The van der Waals surface area contributed by atoms with Crippen LogP contribution >= 0.6 is 0 Å². The topological polar surface area (TPSA) is 58.2 Å². The van der Waals surface area contributed by atoms with Crippen LogP contribution in [0.1, 0.15) is 12.8 Å². The monoisotopic (exact) mass is 240 g/mol. The summed E-state index contributed by atoms with van der Waals surface area (Å²) in [6.45, 7) is 0.975. The summed E-state index contributed by atoms with van der Waals surface area (Å²) < 4.78 is 24.6. The highest BCUT2D eigenvalue weighted by atomic mass is 32.2. The van der Waals surface area contributed by atoms with Gasteiger partial charge in [-0.2, -0.15) is 0 Å². The fraction of sp³-hybridized carbons (Fsp3) is 0.455. The molecule has 0 amide bonds. The van der Waals surface area contributed by atoms with Crippen LogP contribution in [-0.4, -0.2) is 21.2 Å². The van der Waals surface area contributed by atoms with E-state index in [0.717, 1.165) is 24.4 Å². The first-order valence-electron chi connectivity index (χ1n) is 5.35. The molecule has 4 nitrogen and oxygen atoms in total. The van der Waals surface area contributed by atoms with E-state index in [2.05, 4.69) is 10.0 Å². The van der Waals surface area contributed by atoms with Gasteiger partial charge in [0.25, 0.3) is 0 Å². The molecule has 1 fully saturated rings. The van der Waals surface area contributed by atoms with Crippen molar-refractivity contribution in [2.24, 2.45) is 5.92 Å². The Morgan fingerprint density at radius 2 is 2.00 bits per heavy atom. The maximum Gasteiger partial charge on any atom is 0.229 e. The van der Waals surface area contributed by atoms with Crippen molar-refractivity contribution in [1.82, 2.24) is 0 Å². The Balaban J connectivity index is 2.00. The first-order chi connectivity index (χ1) is 7.53. The molecular weight excluding hydrogens is 224 g/mol. The highest BCUT2D eigenvalue weighted by Crippen LogP contribution is 2.29. The summed E-state index contributed by atoms with van der Waals surface area (Å²) in [4.78, 5) is 0. The number of sulfonamides is 1. The number of benzene rings is 1. The summed E-state index contributed by atoms with van der Waals surface area (Å²) in [6.07, 6.45) is 3.75. The van der Waals surface area contributed by atoms with Gasteiger partial charge in [0.1, 0.15) is 0 Å². The van der Waals surface area contributed by atoms with E-state index >= 15 is 0 Å². The summed E-state index contributed by atoms with van der Waals surface area (Å²) in [6, 6.07) is 7.32. The summed E-state index contributed by atoms with van der Waals surface area (Å²) in [5.41, 5.74) is 1.56. The fourth-order valence-electron chi connectivity index (χ4n) is 1.49. The van der Waals surface area contributed by atoms with Gasteiger partial charge in [0, 0.05) is 12.2 Å². The lowest BCUT2D eigenvalue weighted by Gasteiger charge is -2.08. The SMILES string of the molecule is CS(=O)(=O)Nc1cccc(NCC2CC2)c1. The van der Waals surface area contributed by atoms with E-state index in [1.165, 1.54) is 12.8 Å². The minimum Gasteiger partial charge on any atom is -0.385 e. The van der Waals surface area contributed by atoms with Crippen molar-refractivity contribution in [2.45, 2.75) is 12.8 Å². The first kappa shape index (κ1) is 11.3. The van der Waals surface area contributed by atoms with Crippen LogP contribution in [0.2, 0.25) is 0 Å². The van der Waals surface area contributed by atoms with Crippen LogP contribution in [0.25, 0.3) is 0 Å². The number of hydrogen-bond donors (Lipinski definition) is 2. The summed E-state index contributed by atoms with van der Waals surface area (Å²) >= 11 is 0. The maximum atomic E-state index is 11.1. The van der Waals surface area contributed by atoms with E-state index in [4.69, 9.17) is 0 Å². The second kappa shape index (κ2) is 4.33. The molecule has 0 bridgehead atoms. The molecule has 16 heavy (non-hydrogen) atoms. The van der Waals surface area contributed by atoms with Gasteiger partial charge in [0.2, 0.25) is 10.0 Å². The smallest absolute Gasteiger partial charge is 0.229 e. The molecular formula is C11H16N2O2S. The molecule has 1 aromatic rings. The zero-order chi connectivity index (χ0) is 11.6. The molecule has 2 rings (SSSR count). The minimum absolute atomic E-state index is 0.600. The fourth-order valence-corrected chi connectivity index (χ4v) is 2.05. The molecule has 88 valence electrons. The van der Waals surface area contributed by atoms with E-state index in [0.29, 0.717) is 5.69 Å². The van der Waals surface area contributed by atoms with Gasteiger partial charge in [-0.3, -0.25) is 4.72 Å². The van der Waals surface area contributed by atoms with Gasteiger partial charge in [-0.1, -0.05) is 6.07 Å². The van der Waals surface area contributed by atoms with Crippen molar-refractivity contribution < 1.29 is 8.42 Å². The van der Waals surface area contributed by atoms with Gasteiger partial charge in [0.05, 0.1) is 11.9 Å². The molecule has 1 aliphatic rings. The largest absolute Gasteiger partial charge is 0.385 e.